The fourth-order valence-corrected chi connectivity index (χ4v) is 4.43. The van der Waals surface area contributed by atoms with Gasteiger partial charge in [0.25, 0.3) is 5.56 Å². The molecule has 4 aromatic rings. The van der Waals surface area contributed by atoms with E-state index in [1.165, 1.54) is 21.7 Å². The van der Waals surface area contributed by atoms with Gasteiger partial charge in [0.05, 0.1) is 44.7 Å². The maximum absolute atomic E-state index is 13.7. The van der Waals surface area contributed by atoms with Crippen molar-refractivity contribution in [2.24, 2.45) is 5.73 Å². The quantitative estimate of drug-likeness (QED) is 0.433. The third-order valence-electron chi connectivity index (χ3n) is 6.09. The first kappa shape index (κ1) is 21.9. The molecule has 1 aliphatic heterocycles. The van der Waals surface area contributed by atoms with E-state index >= 15 is 0 Å². The Hall–Kier alpha value is -3.97. The molecule has 0 aromatic carbocycles. The second-order valence-corrected chi connectivity index (χ2v) is 8.47. The summed E-state index contributed by atoms with van der Waals surface area (Å²) in [6.07, 6.45) is 8.03. The maximum Gasteiger partial charge on any atom is 0.333 e. The number of hydrogen-bond acceptors (Lipinski definition) is 7. The van der Waals surface area contributed by atoms with Crippen LogP contribution in [0.5, 0.6) is 0 Å². The molecule has 1 saturated heterocycles. The molecule has 1 fully saturated rings. The van der Waals surface area contributed by atoms with Crippen molar-refractivity contribution in [2.75, 3.05) is 18.0 Å². The second kappa shape index (κ2) is 9.11. The number of nitrogens with two attached hydrogens (primary N) is 1. The van der Waals surface area contributed by atoms with Crippen molar-refractivity contribution in [3.8, 4) is 11.8 Å². The first-order valence-corrected chi connectivity index (χ1v) is 11.2. The molecule has 5 heterocycles. The molecule has 2 N–H and O–H groups in total. The van der Waals surface area contributed by atoms with Crippen LogP contribution >= 0.6 is 0 Å². The van der Waals surface area contributed by atoms with Crippen LogP contribution in [-0.2, 0) is 19.6 Å². The molecule has 0 bridgehead atoms. The Balaban J connectivity index is 1.77. The lowest BCUT2D eigenvalue weighted by atomic mass is 10.1. The fraction of sp³-hybridized carbons (Fsp3) is 0.375. The zero-order chi connectivity index (χ0) is 23.7. The Morgan fingerprint density at radius 2 is 1.79 bits per heavy atom. The van der Waals surface area contributed by atoms with Crippen LogP contribution in [0.3, 0.4) is 0 Å². The lowest BCUT2D eigenvalue weighted by molar-refractivity contribution is 0.496. The van der Waals surface area contributed by atoms with Gasteiger partial charge in [0.2, 0.25) is 5.95 Å². The summed E-state index contributed by atoms with van der Waals surface area (Å²) < 4.78 is 14.9. The number of hydrogen-bond donors (Lipinski definition) is 1. The third-order valence-corrected chi connectivity index (χ3v) is 6.09. The van der Waals surface area contributed by atoms with E-state index in [4.69, 9.17) is 19.6 Å². The standard InChI is InChI=1S/C24H26N6O4/c1-2-3-9-28-20-21(26-23(28)27-8-4-5-19(25)14-27)29(12-17-6-10-33-15-17)24(32)30(22(20)31)13-18-7-11-34-16-18/h6-7,10-11,15-16,19H,4-5,8-9,12-14,25H2,1H3/t19-/m1/s1. The van der Waals surface area contributed by atoms with Crippen LogP contribution in [0.25, 0.3) is 11.2 Å². The lowest BCUT2D eigenvalue weighted by Crippen LogP contribution is -2.44. The zero-order valence-corrected chi connectivity index (χ0v) is 18.9. The van der Waals surface area contributed by atoms with Gasteiger partial charge in [0.15, 0.2) is 11.2 Å². The molecule has 0 spiro atoms. The van der Waals surface area contributed by atoms with Gasteiger partial charge in [-0.15, -0.1) is 5.92 Å². The summed E-state index contributed by atoms with van der Waals surface area (Å²) in [6, 6.07) is 3.54. The lowest BCUT2D eigenvalue weighted by Gasteiger charge is -2.31. The van der Waals surface area contributed by atoms with Crippen molar-refractivity contribution in [3.05, 3.63) is 69.2 Å². The van der Waals surface area contributed by atoms with E-state index in [1.807, 2.05) is 4.57 Å². The van der Waals surface area contributed by atoms with Crippen molar-refractivity contribution in [3.63, 3.8) is 0 Å². The third kappa shape index (κ3) is 3.95. The summed E-state index contributed by atoms with van der Waals surface area (Å²) >= 11 is 0. The highest BCUT2D eigenvalue weighted by molar-refractivity contribution is 5.75. The molecule has 0 unspecified atom stereocenters. The summed E-state index contributed by atoms with van der Waals surface area (Å²) in [5, 5.41) is 0. The molecule has 5 rings (SSSR count). The number of aromatic nitrogens is 4. The van der Waals surface area contributed by atoms with Crippen LogP contribution < -0.4 is 21.9 Å². The summed E-state index contributed by atoms with van der Waals surface area (Å²) in [4.78, 5) is 34.2. The molecule has 1 aliphatic rings. The highest BCUT2D eigenvalue weighted by atomic mass is 16.3. The second-order valence-electron chi connectivity index (χ2n) is 8.47. The SMILES string of the molecule is CC#CCn1c(N2CCC[C@@H](N)C2)nc2c1c(=O)n(Cc1ccoc1)c(=O)n2Cc1ccoc1. The molecule has 0 radical (unpaired) electrons. The summed E-state index contributed by atoms with van der Waals surface area (Å²) in [7, 11) is 0. The molecular formula is C24H26N6O4. The molecule has 4 aromatic heterocycles. The van der Waals surface area contributed by atoms with E-state index < -0.39 is 11.2 Å². The smallest absolute Gasteiger partial charge is 0.333 e. The number of piperidine rings is 1. The summed E-state index contributed by atoms with van der Waals surface area (Å²) in [5.74, 6) is 6.56. The monoisotopic (exact) mass is 462 g/mol. The number of imidazole rings is 1. The van der Waals surface area contributed by atoms with Gasteiger partial charge >= 0.3 is 5.69 Å². The first-order chi connectivity index (χ1) is 16.6. The van der Waals surface area contributed by atoms with Crippen LogP contribution in [0.15, 0.2) is 55.6 Å². The average Bonchev–Trinajstić information content (AvgIpc) is 3.59. The van der Waals surface area contributed by atoms with E-state index in [0.717, 1.165) is 30.5 Å². The summed E-state index contributed by atoms with van der Waals surface area (Å²) in [6.45, 7) is 3.72. The van der Waals surface area contributed by atoms with Crippen LogP contribution in [-0.4, -0.2) is 37.8 Å². The van der Waals surface area contributed by atoms with Crippen LogP contribution in [0.2, 0.25) is 0 Å². The minimum absolute atomic E-state index is 0.0187. The average molecular weight is 463 g/mol. The van der Waals surface area contributed by atoms with Gasteiger partial charge in [0, 0.05) is 30.3 Å². The zero-order valence-electron chi connectivity index (χ0n) is 18.9. The van der Waals surface area contributed by atoms with Gasteiger partial charge in [0.1, 0.15) is 0 Å². The molecule has 10 heteroatoms. The Bertz CT molecular complexity index is 1460. The van der Waals surface area contributed by atoms with Gasteiger partial charge in [-0.2, -0.15) is 4.98 Å². The number of anilines is 1. The molecular weight excluding hydrogens is 436 g/mol. The van der Waals surface area contributed by atoms with Crippen LogP contribution in [0.1, 0.15) is 30.9 Å². The molecule has 34 heavy (non-hydrogen) atoms. The fourth-order valence-electron chi connectivity index (χ4n) is 4.43. The van der Waals surface area contributed by atoms with Crippen molar-refractivity contribution in [1.82, 2.24) is 18.7 Å². The topological polar surface area (TPSA) is 117 Å². The van der Waals surface area contributed by atoms with Crippen molar-refractivity contribution >= 4 is 17.1 Å². The van der Waals surface area contributed by atoms with Gasteiger partial charge < -0.3 is 19.5 Å². The van der Waals surface area contributed by atoms with E-state index in [2.05, 4.69) is 16.7 Å². The molecule has 10 nitrogen and oxygen atoms in total. The van der Waals surface area contributed by atoms with Gasteiger partial charge in [-0.05, 0) is 31.9 Å². The number of furan rings is 2. The predicted molar refractivity (Wildman–Crippen MR) is 127 cm³/mol. The van der Waals surface area contributed by atoms with Crippen LogP contribution in [0.4, 0.5) is 5.95 Å². The van der Waals surface area contributed by atoms with E-state index in [1.54, 1.807) is 31.6 Å². The predicted octanol–water partition coefficient (Wildman–Crippen LogP) is 1.59. The minimum atomic E-state index is -0.451. The van der Waals surface area contributed by atoms with Gasteiger partial charge in [-0.3, -0.25) is 18.5 Å². The number of nitrogens with zero attached hydrogens (tertiary/aromatic N) is 5. The number of rotatable bonds is 6. The normalized spacial score (nSPS) is 16.1. The highest BCUT2D eigenvalue weighted by Gasteiger charge is 2.27. The van der Waals surface area contributed by atoms with Gasteiger partial charge in [-0.1, -0.05) is 5.92 Å². The minimum Gasteiger partial charge on any atom is -0.472 e. The molecule has 0 amide bonds. The highest BCUT2D eigenvalue weighted by Crippen LogP contribution is 2.23. The van der Waals surface area contributed by atoms with Gasteiger partial charge in [-0.25, -0.2) is 4.79 Å². The Kier molecular flexibility index (Phi) is 5.86. The molecule has 0 aliphatic carbocycles. The van der Waals surface area contributed by atoms with Crippen molar-refractivity contribution < 1.29 is 8.83 Å². The van der Waals surface area contributed by atoms with Crippen molar-refractivity contribution in [1.29, 1.82) is 0 Å². The first-order valence-electron chi connectivity index (χ1n) is 11.2. The van der Waals surface area contributed by atoms with E-state index in [0.29, 0.717) is 23.7 Å². The Labute approximate surface area is 195 Å². The van der Waals surface area contributed by atoms with E-state index in [9.17, 15) is 9.59 Å². The van der Waals surface area contributed by atoms with E-state index in [-0.39, 0.29) is 25.7 Å². The largest absolute Gasteiger partial charge is 0.472 e. The Morgan fingerprint density at radius 3 is 2.41 bits per heavy atom. The van der Waals surface area contributed by atoms with Crippen molar-refractivity contribution in [2.45, 2.75) is 45.4 Å². The Morgan fingerprint density at radius 1 is 1.09 bits per heavy atom. The molecule has 1 atom stereocenters. The molecule has 0 saturated carbocycles. The summed E-state index contributed by atoms with van der Waals surface area (Å²) in [5.41, 5.74) is 7.54. The van der Waals surface area contributed by atoms with Crippen LogP contribution in [0, 0.1) is 11.8 Å². The number of fused-ring (bicyclic) bond motifs is 1. The maximum atomic E-state index is 13.7. The molecule has 176 valence electrons.